The SMILES string of the molecule is COc1nc2c(c(N3CCN(C(=O)C(O)=C(O)O)CC3)n1)CCN(c1cccc3ccccc13)C2. The number of aliphatic hydroxyl groups excluding tert-OH is 2. The molecular formula is C25H27N5O5. The number of carbonyl (C=O) groups is 1. The zero-order valence-electron chi connectivity index (χ0n) is 19.4. The molecule has 0 unspecified atom stereocenters. The molecule has 5 rings (SSSR count). The van der Waals surface area contributed by atoms with Gasteiger partial charge in [-0.15, -0.1) is 0 Å². The molecular weight excluding hydrogens is 450 g/mol. The average Bonchev–Trinajstić information content (AvgIpc) is 2.91. The molecule has 35 heavy (non-hydrogen) atoms. The van der Waals surface area contributed by atoms with E-state index in [1.807, 2.05) is 6.07 Å². The summed E-state index contributed by atoms with van der Waals surface area (Å²) in [6.45, 7) is 3.01. The van der Waals surface area contributed by atoms with Crippen molar-refractivity contribution in [2.45, 2.75) is 13.0 Å². The molecule has 0 atom stereocenters. The molecule has 0 aliphatic carbocycles. The molecule has 2 aliphatic heterocycles. The van der Waals surface area contributed by atoms with Gasteiger partial charge in [-0.2, -0.15) is 9.97 Å². The Balaban J connectivity index is 1.40. The molecule has 1 saturated heterocycles. The maximum absolute atomic E-state index is 12.2. The summed E-state index contributed by atoms with van der Waals surface area (Å²) >= 11 is 0. The van der Waals surface area contributed by atoms with Gasteiger partial charge < -0.3 is 34.8 Å². The van der Waals surface area contributed by atoms with Crippen molar-refractivity contribution >= 4 is 28.2 Å². The smallest absolute Gasteiger partial charge is 0.324 e. The van der Waals surface area contributed by atoms with Crippen LogP contribution in [0.25, 0.3) is 10.8 Å². The maximum Gasteiger partial charge on any atom is 0.324 e. The van der Waals surface area contributed by atoms with Crippen LogP contribution in [0.1, 0.15) is 11.3 Å². The number of fused-ring (bicyclic) bond motifs is 2. The highest BCUT2D eigenvalue weighted by atomic mass is 16.5. The van der Waals surface area contributed by atoms with Crippen molar-refractivity contribution < 1.29 is 24.9 Å². The van der Waals surface area contributed by atoms with E-state index < -0.39 is 17.6 Å². The predicted molar refractivity (Wildman–Crippen MR) is 131 cm³/mol. The fraction of sp³-hybridized carbons (Fsp3) is 0.320. The maximum atomic E-state index is 12.2. The molecule has 3 N–H and O–H groups in total. The number of piperazine rings is 1. The molecule has 182 valence electrons. The molecule has 0 bridgehead atoms. The zero-order chi connectivity index (χ0) is 24.5. The largest absolute Gasteiger partial charge is 0.498 e. The lowest BCUT2D eigenvalue weighted by Gasteiger charge is -2.38. The summed E-state index contributed by atoms with van der Waals surface area (Å²) < 4.78 is 5.41. The first-order valence-electron chi connectivity index (χ1n) is 11.5. The summed E-state index contributed by atoms with van der Waals surface area (Å²) in [6, 6.07) is 15.0. The van der Waals surface area contributed by atoms with Crippen LogP contribution in [0.5, 0.6) is 6.01 Å². The van der Waals surface area contributed by atoms with Gasteiger partial charge in [0.1, 0.15) is 5.82 Å². The third-order valence-corrected chi connectivity index (χ3v) is 6.59. The molecule has 2 aromatic carbocycles. The molecule has 10 nitrogen and oxygen atoms in total. The number of benzene rings is 2. The number of carbonyl (C=O) groups excluding carboxylic acids is 1. The van der Waals surface area contributed by atoms with Crippen LogP contribution in [0, 0.1) is 0 Å². The second-order valence-corrected chi connectivity index (χ2v) is 8.58. The van der Waals surface area contributed by atoms with Gasteiger partial charge in [0, 0.05) is 49.4 Å². The fourth-order valence-electron chi connectivity index (χ4n) is 4.80. The first-order chi connectivity index (χ1) is 17.0. The van der Waals surface area contributed by atoms with Crippen LogP contribution in [0.2, 0.25) is 0 Å². The van der Waals surface area contributed by atoms with Crippen molar-refractivity contribution in [1.82, 2.24) is 14.9 Å². The molecule has 1 fully saturated rings. The lowest BCUT2D eigenvalue weighted by Crippen LogP contribution is -2.50. The Kier molecular flexibility index (Phi) is 5.94. The molecule has 10 heteroatoms. The fourth-order valence-corrected chi connectivity index (χ4v) is 4.80. The van der Waals surface area contributed by atoms with Gasteiger partial charge >= 0.3 is 12.0 Å². The molecule has 0 saturated carbocycles. The van der Waals surface area contributed by atoms with E-state index in [0.29, 0.717) is 38.7 Å². The van der Waals surface area contributed by atoms with Crippen LogP contribution < -0.4 is 14.5 Å². The highest BCUT2D eigenvalue weighted by molar-refractivity contribution is 5.94. The number of ether oxygens (including phenoxy) is 1. The number of nitrogens with zero attached hydrogens (tertiary/aromatic N) is 5. The number of methoxy groups -OCH3 is 1. The Morgan fingerprint density at radius 2 is 1.66 bits per heavy atom. The second kappa shape index (κ2) is 9.21. The quantitative estimate of drug-likeness (QED) is 0.384. The summed E-state index contributed by atoms with van der Waals surface area (Å²) in [5.74, 6) is -2.44. The molecule has 0 spiro atoms. The minimum absolute atomic E-state index is 0.294. The lowest BCUT2D eigenvalue weighted by molar-refractivity contribution is -0.131. The minimum Gasteiger partial charge on any atom is -0.498 e. The average molecular weight is 478 g/mol. The molecule has 2 aliphatic rings. The van der Waals surface area contributed by atoms with Crippen molar-refractivity contribution in [3.63, 3.8) is 0 Å². The van der Waals surface area contributed by atoms with E-state index in [1.54, 1.807) is 7.11 Å². The Morgan fingerprint density at radius 3 is 2.40 bits per heavy atom. The van der Waals surface area contributed by atoms with Crippen molar-refractivity contribution in [2.75, 3.05) is 49.6 Å². The van der Waals surface area contributed by atoms with Gasteiger partial charge in [-0.25, -0.2) is 0 Å². The number of hydrogen-bond acceptors (Lipinski definition) is 9. The normalized spacial score (nSPS) is 15.6. The number of amides is 1. The lowest BCUT2D eigenvalue weighted by atomic mass is 10.0. The summed E-state index contributed by atoms with van der Waals surface area (Å²) in [6.07, 6.45) is 0.763. The van der Waals surface area contributed by atoms with Crippen LogP contribution in [0.3, 0.4) is 0 Å². The Morgan fingerprint density at radius 1 is 0.914 bits per heavy atom. The molecule has 0 radical (unpaired) electrons. The van der Waals surface area contributed by atoms with Gasteiger partial charge in [0.05, 0.1) is 19.3 Å². The monoisotopic (exact) mass is 477 g/mol. The Hall–Kier alpha value is -4.21. The Labute approximate surface area is 202 Å². The molecule has 1 amide bonds. The highest BCUT2D eigenvalue weighted by Crippen LogP contribution is 2.34. The topological polar surface area (TPSA) is 122 Å². The number of hydrogen-bond donors (Lipinski definition) is 3. The van der Waals surface area contributed by atoms with Crippen LogP contribution >= 0.6 is 0 Å². The van der Waals surface area contributed by atoms with E-state index in [9.17, 15) is 9.90 Å². The van der Waals surface area contributed by atoms with Crippen molar-refractivity contribution in [3.05, 3.63) is 65.4 Å². The van der Waals surface area contributed by atoms with Gasteiger partial charge in [0.25, 0.3) is 11.7 Å². The second-order valence-electron chi connectivity index (χ2n) is 8.58. The van der Waals surface area contributed by atoms with Crippen molar-refractivity contribution in [1.29, 1.82) is 0 Å². The molecule has 3 aromatic rings. The molecule has 3 heterocycles. The standard InChI is InChI=1S/C25H27N5O5/c1-35-25-26-19-15-30(20-8-4-6-16-5-2-3-7-17(16)20)10-9-18(19)22(27-25)28-11-13-29(14-12-28)23(32)21(31)24(33)34/h2-8,31,33-34H,9-15H2,1H3. The van der Waals surface area contributed by atoms with E-state index in [4.69, 9.17) is 14.9 Å². The van der Waals surface area contributed by atoms with Gasteiger partial charge in [0.15, 0.2) is 0 Å². The van der Waals surface area contributed by atoms with Crippen molar-refractivity contribution in [3.8, 4) is 6.01 Å². The van der Waals surface area contributed by atoms with Gasteiger partial charge in [-0.05, 0) is 17.9 Å². The van der Waals surface area contributed by atoms with E-state index >= 15 is 0 Å². The van der Waals surface area contributed by atoms with Crippen LogP contribution in [0.4, 0.5) is 11.5 Å². The van der Waals surface area contributed by atoms with Crippen LogP contribution in [-0.4, -0.2) is 75.9 Å². The Bertz CT molecular complexity index is 1290. The van der Waals surface area contributed by atoms with Gasteiger partial charge in [0.2, 0.25) is 0 Å². The van der Waals surface area contributed by atoms with Gasteiger partial charge in [-0.3, -0.25) is 4.79 Å². The van der Waals surface area contributed by atoms with Crippen LogP contribution in [-0.2, 0) is 17.8 Å². The third kappa shape index (κ3) is 4.23. The predicted octanol–water partition coefficient (Wildman–Crippen LogP) is 2.69. The van der Waals surface area contributed by atoms with E-state index in [1.165, 1.54) is 21.4 Å². The van der Waals surface area contributed by atoms with E-state index in [2.05, 4.69) is 56.2 Å². The summed E-state index contributed by atoms with van der Waals surface area (Å²) in [5.41, 5.74) is 3.15. The number of aromatic nitrogens is 2. The van der Waals surface area contributed by atoms with E-state index in [0.717, 1.165) is 30.0 Å². The number of anilines is 2. The summed E-state index contributed by atoms with van der Waals surface area (Å²) in [7, 11) is 1.55. The number of aliphatic hydroxyl groups is 3. The first kappa shape index (κ1) is 22.6. The zero-order valence-corrected chi connectivity index (χ0v) is 19.4. The highest BCUT2D eigenvalue weighted by Gasteiger charge is 2.30. The third-order valence-electron chi connectivity index (χ3n) is 6.59. The summed E-state index contributed by atoms with van der Waals surface area (Å²) in [4.78, 5) is 27.3. The first-order valence-corrected chi connectivity index (χ1v) is 11.5. The van der Waals surface area contributed by atoms with Crippen molar-refractivity contribution in [2.24, 2.45) is 0 Å². The summed E-state index contributed by atoms with van der Waals surface area (Å²) in [5, 5.41) is 30.0. The molecule has 1 aromatic heterocycles. The van der Waals surface area contributed by atoms with Crippen LogP contribution in [0.15, 0.2) is 54.2 Å². The van der Waals surface area contributed by atoms with Gasteiger partial charge in [-0.1, -0.05) is 36.4 Å². The van der Waals surface area contributed by atoms with E-state index in [-0.39, 0.29) is 0 Å². The number of rotatable bonds is 4. The minimum atomic E-state index is -1.37.